The van der Waals surface area contributed by atoms with Crippen molar-refractivity contribution in [3.63, 3.8) is 0 Å². The third-order valence-corrected chi connectivity index (χ3v) is 4.10. The zero-order valence-electron chi connectivity index (χ0n) is 15.2. The van der Waals surface area contributed by atoms with Gasteiger partial charge in [0.2, 0.25) is 17.7 Å². The standard InChI is InChI=1S/C18H22N4O3S/c1-11(23)20-13-7-5-12(6-8-13)14-10-26-17(21-14)22-15(24)9-19-16(25)18(2,3)4/h5-8,10H,9H2,1-4H3,(H,19,25)(H,20,23)(H,21,22,24). The fourth-order valence-corrected chi connectivity index (χ4v) is 2.72. The van der Waals surface area contributed by atoms with Crippen molar-refractivity contribution < 1.29 is 14.4 Å². The highest BCUT2D eigenvalue weighted by Crippen LogP contribution is 2.26. The van der Waals surface area contributed by atoms with Crippen LogP contribution in [-0.4, -0.2) is 29.3 Å². The molecule has 8 heteroatoms. The van der Waals surface area contributed by atoms with E-state index in [1.165, 1.54) is 18.3 Å². The Hall–Kier alpha value is -2.74. The van der Waals surface area contributed by atoms with E-state index in [1.54, 1.807) is 32.9 Å². The van der Waals surface area contributed by atoms with Crippen LogP contribution in [0.25, 0.3) is 11.3 Å². The van der Waals surface area contributed by atoms with Crippen LogP contribution >= 0.6 is 11.3 Å². The molecular formula is C18H22N4O3S. The zero-order valence-corrected chi connectivity index (χ0v) is 16.0. The summed E-state index contributed by atoms with van der Waals surface area (Å²) in [5, 5.41) is 10.3. The summed E-state index contributed by atoms with van der Waals surface area (Å²) >= 11 is 1.30. The lowest BCUT2D eigenvalue weighted by atomic mass is 9.96. The van der Waals surface area contributed by atoms with Gasteiger partial charge in [-0.05, 0) is 12.1 Å². The first-order valence-corrected chi connectivity index (χ1v) is 8.95. The molecule has 0 unspecified atom stereocenters. The average Bonchev–Trinajstić information content (AvgIpc) is 3.00. The third-order valence-electron chi connectivity index (χ3n) is 3.34. The molecule has 2 aromatic rings. The van der Waals surface area contributed by atoms with Crippen LogP contribution in [0.3, 0.4) is 0 Å². The van der Waals surface area contributed by atoms with Crippen LogP contribution in [0.2, 0.25) is 0 Å². The third kappa shape index (κ3) is 5.66. The Morgan fingerprint density at radius 2 is 1.73 bits per heavy atom. The highest BCUT2D eigenvalue weighted by Gasteiger charge is 2.21. The molecule has 0 aliphatic heterocycles. The Kier molecular flexibility index (Phi) is 6.10. The van der Waals surface area contributed by atoms with Gasteiger partial charge in [-0.3, -0.25) is 14.4 Å². The average molecular weight is 374 g/mol. The molecular weight excluding hydrogens is 352 g/mol. The van der Waals surface area contributed by atoms with Crippen LogP contribution in [-0.2, 0) is 14.4 Å². The molecule has 3 amide bonds. The van der Waals surface area contributed by atoms with Crippen molar-refractivity contribution in [2.24, 2.45) is 5.41 Å². The molecule has 1 aromatic heterocycles. The van der Waals surface area contributed by atoms with E-state index >= 15 is 0 Å². The van der Waals surface area contributed by atoms with Gasteiger partial charge >= 0.3 is 0 Å². The van der Waals surface area contributed by atoms with E-state index < -0.39 is 5.41 Å². The minimum Gasteiger partial charge on any atom is -0.347 e. The number of amides is 3. The van der Waals surface area contributed by atoms with Gasteiger partial charge in [-0.15, -0.1) is 11.3 Å². The summed E-state index contributed by atoms with van der Waals surface area (Å²) in [6.45, 7) is 6.70. The second-order valence-corrected chi connectivity index (χ2v) is 7.64. The van der Waals surface area contributed by atoms with Gasteiger partial charge in [0.15, 0.2) is 5.13 Å². The molecule has 1 aromatic carbocycles. The van der Waals surface area contributed by atoms with Crippen LogP contribution in [0.5, 0.6) is 0 Å². The van der Waals surface area contributed by atoms with Crippen molar-refractivity contribution in [2.45, 2.75) is 27.7 Å². The number of hydrogen-bond donors (Lipinski definition) is 3. The molecule has 0 atom stereocenters. The van der Waals surface area contributed by atoms with Crippen molar-refractivity contribution in [1.82, 2.24) is 10.3 Å². The maximum absolute atomic E-state index is 11.9. The number of carbonyl (C=O) groups excluding carboxylic acids is 3. The summed E-state index contributed by atoms with van der Waals surface area (Å²) in [4.78, 5) is 39.1. The predicted molar refractivity (Wildman–Crippen MR) is 103 cm³/mol. The van der Waals surface area contributed by atoms with E-state index in [4.69, 9.17) is 0 Å². The van der Waals surface area contributed by atoms with Crippen molar-refractivity contribution >= 4 is 39.9 Å². The first-order valence-electron chi connectivity index (χ1n) is 8.07. The Bertz CT molecular complexity index is 807. The fraction of sp³-hybridized carbons (Fsp3) is 0.333. The first kappa shape index (κ1) is 19.6. The molecule has 0 aliphatic carbocycles. The molecule has 0 bridgehead atoms. The van der Waals surface area contributed by atoms with Crippen LogP contribution in [0.1, 0.15) is 27.7 Å². The molecule has 1 heterocycles. The number of rotatable bonds is 5. The number of nitrogens with one attached hydrogen (secondary N) is 3. The molecule has 0 fully saturated rings. The van der Waals surface area contributed by atoms with E-state index in [0.717, 1.165) is 11.3 Å². The summed E-state index contributed by atoms with van der Waals surface area (Å²) in [7, 11) is 0. The minimum atomic E-state index is -0.544. The SMILES string of the molecule is CC(=O)Nc1ccc(-c2csc(NC(=O)CNC(=O)C(C)(C)C)n2)cc1. The summed E-state index contributed by atoms with van der Waals surface area (Å²) in [6.07, 6.45) is 0. The molecule has 0 aliphatic rings. The van der Waals surface area contributed by atoms with Crippen LogP contribution in [0, 0.1) is 5.41 Å². The second kappa shape index (κ2) is 8.09. The molecule has 26 heavy (non-hydrogen) atoms. The van der Waals surface area contributed by atoms with Gasteiger partial charge in [-0.1, -0.05) is 32.9 Å². The van der Waals surface area contributed by atoms with Gasteiger partial charge in [0.1, 0.15) is 0 Å². The van der Waals surface area contributed by atoms with Gasteiger partial charge in [0, 0.05) is 29.0 Å². The topological polar surface area (TPSA) is 100 Å². The van der Waals surface area contributed by atoms with E-state index in [-0.39, 0.29) is 24.3 Å². The van der Waals surface area contributed by atoms with Gasteiger partial charge in [0.25, 0.3) is 0 Å². The normalized spacial score (nSPS) is 10.9. The number of nitrogens with zero attached hydrogens (tertiary/aromatic N) is 1. The molecule has 7 nitrogen and oxygen atoms in total. The monoisotopic (exact) mass is 374 g/mol. The molecule has 138 valence electrons. The number of benzene rings is 1. The number of thiazole rings is 1. The van der Waals surface area contributed by atoms with E-state index in [2.05, 4.69) is 20.9 Å². The fourth-order valence-electron chi connectivity index (χ4n) is 1.98. The van der Waals surface area contributed by atoms with Crippen LogP contribution < -0.4 is 16.0 Å². The molecule has 0 radical (unpaired) electrons. The molecule has 0 saturated carbocycles. The lowest BCUT2D eigenvalue weighted by molar-refractivity contribution is -0.130. The lowest BCUT2D eigenvalue weighted by Crippen LogP contribution is -2.39. The summed E-state index contributed by atoms with van der Waals surface area (Å²) < 4.78 is 0. The minimum absolute atomic E-state index is 0.101. The Labute approximate surface area is 156 Å². The van der Waals surface area contributed by atoms with Gasteiger partial charge < -0.3 is 16.0 Å². The van der Waals surface area contributed by atoms with Crippen molar-refractivity contribution in [2.75, 3.05) is 17.2 Å². The predicted octanol–water partition coefficient (Wildman–Crippen LogP) is 2.87. The van der Waals surface area contributed by atoms with E-state index in [1.807, 2.05) is 17.5 Å². The second-order valence-electron chi connectivity index (χ2n) is 6.78. The number of anilines is 2. The van der Waals surface area contributed by atoms with Gasteiger partial charge in [-0.25, -0.2) is 4.98 Å². The quantitative estimate of drug-likeness (QED) is 0.749. The zero-order chi connectivity index (χ0) is 19.3. The number of carbonyl (C=O) groups is 3. The van der Waals surface area contributed by atoms with Crippen molar-refractivity contribution in [1.29, 1.82) is 0 Å². The Morgan fingerprint density at radius 3 is 2.31 bits per heavy atom. The summed E-state index contributed by atoms with van der Waals surface area (Å²) in [5.41, 5.74) is 1.76. The van der Waals surface area contributed by atoms with Crippen LogP contribution in [0.4, 0.5) is 10.8 Å². The van der Waals surface area contributed by atoms with E-state index in [9.17, 15) is 14.4 Å². The Balaban J connectivity index is 1.94. The maximum atomic E-state index is 11.9. The summed E-state index contributed by atoms with van der Waals surface area (Å²) in [6, 6.07) is 7.26. The number of hydrogen-bond acceptors (Lipinski definition) is 5. The first-order chi connectivity index (χ1) is 12.1. The van der Waals surface area contributed by atoms with E-state index in [0.29, 0.717) is 10.8 Å². The molecule has 0 saturated heterocycles. The highest BCUT2D eigenvalue weighted by atomic mass is 32.1. The molecule has 0 spiro atoms. The molecule has 3 N–H and O–H groups in total. The smallest absolute Gasteiger partial charge is 0.245 e. The maximum Gasteiger partial charge on any atom is 0.245 e. The summed E-state index contributed by atoms with van der Waals surface area (Å²) in [5.74, 6) is -0.647. The lowest BCUT2D eigenvalue weighted by Gasteiger charge is -2.17. The van der Waals surface area contributed by atoms with Crippen molar-refractivity contribution in [3.05, 3.63) is 29.6 Å². The largest absolute Gasteiger partial charge is 0.347 e. The highest BCUT2D eigenvalue weighted by molar-refractivity contribution is 7.14. The van der Waals surface area contributed by atoms with Gasteiger partial charge in [-0.2, -0.15) is 0 Å². The van der Waals surface area contributed by atoms with Gasteiger partial charge in [0.05, 0.1) is 12.2 Å². The Morgan fingerprint density at radius 1 is 1.08 bits per heavy atom. The molecule has 2 rings (SSSR count). The van der Waals surface area contributed by atoms with Crippen molar-refractivity contribution in [3.8, 4) is 11.3 Å². The number of aromatic nitrogens is 1. The van der Waals surface area contributed by atoms with Crippen LogP contribution in [0.15, 0.2) is 29.6 Å².